The lowest BCUT2D eigenvalue weighted by molar-refractivity contribution is 0.0959. The van der Waals surface area contributed by atoms with E-state index in [2.05, 4.69) is 0 Å². The molecule has 0 amide bonds. The molecule has 0 saturated heterocycles. The first-order chi connectivity index (χ1) is 19.8. The summed E-state index contributed by atoms with van der Waals surface area (Å²) in [6.07, 6.45) is 3.90. The average Bonchev–Trinajstić information content (AvgIpc) is 2.91. The van der Waals surface area contributed by atoms with E-state index in [-0.39, 0.29) is 38.9 Å². The molecule has 206 valence electrons. The van der Waals surface area contributed by atoms with Crippen LogP contribution in [0.15, 0.2) is 59.7 Å². The molecule has 3 aromatic rings. The lowest BCUT2D eigenvalue weighted by atomic mass is 9.76. The normalized spacial score (nSPS) is 15.8. The Bertz CT molecular complexity index is 2030. The summed E-state index contributed by atoms with van der Waals surface area (Å²) in [6.45, 7) is 4.73. The zero-order chi connectivity index (χ0) is 30.4. The minimum absolute atomic E-state index is 0.0140. The molecule has 3 aliphatic carbocycles. The van der Waals surface area contributed by atoms with Crippen molar-refractivity contribution < 1.29 is 44.1 Å². The van der Waals surface area contributed by atoms with Gasteiger partial charge in [0.05, 0.1) is 16.7 Å². The number of phenolic OH excluding ortho intramolecular Hbond substituents is 3. The van der Waals surface area contributed by atoms with Gasteiger partial charge in [-0.15, -0.1) is 0 Å². The van der Waals surface area contributed by atoms with Crippen LogP contribution >= 0.6 is 0 Å². The first-order valence-corrected chi connectivity index (χ1v) is 12.8. The molecule has 0 saturated carbocycles. The van der Waals surface area contributed by atoms with Crippen LogP contribution in [0, 0.1) is 20.8 Å². The lowest BCUT2D eigenvalue weighted by Crippen LogP contribution is -2.25. The van der Waals surface area contributed by atoms with Crippen LogP contribution in [0.4, 0.5) is 0 Å². The number of hydrogen-bond acceptors (Lipinski definition) is 9. The molecule has 9 heteroatoms. The third-order valence-electron chi connectivity index (χ3n) is 7.71. The highest BCUT2D eigenvalue weighted by Crippen LogP contribution is 2.46. The van der Waals surface area contributed by atoms with Gasteiger partial charge in [0.2, 0.25) is 0 Å². The first kappa shape index (κ1) is 26.5. The maximum Gasteiger partial charge on any atom is 0.198 e. The van der Waals surface area contributed by atoms with Crippen molar-refractivity contribution in [3.05, 3.63) is 110 Å². The van der Waals surface area contributed by atoms with E-state index >= 15 is 0 Å². The summed E-state index contributed by atoms with van der Waals surface area (Å²) >= 11 is 0. The smallest absolute Gasteiger partial charge is 0.198 e. The Morgan fingerprint density at radius 2 is 0.976 bits per heavy atom. The van der Waals surface area contributed by atoms with Crippen LogP contribution in [-0.2, 0) is 0 Å². The van der Waals surface area contributed by atoms with E-state index in [1.165, 1.54) is 24.3 Å². The summed E-state index contributed by atoms with van der Waals surface area (Å²) in [5.41, 5.74) is -1.01. The molecule has 0 fully saturated rings. The minimum atomic E-state index is -0.932. The zero-order valence-electron chi connectivity index (χ0n) is 22.4. The predicted molar refractivity (Wildman–Crippen MR) is 149 cm³/mol. The van der Waals surface area contributed by atoms with E-state index < -0.39 is 68.7 Å². The second-order valence-electron chi connectivity index (χ2n) is 10.4. The van der Waals surface area contributed by atoms with E-state index in [1.54, 1.807) is 20.8 Å². The van der Waals surface area contributed by atoms with Crippen LogP contribution in [0.25, 0.3) is 11.1 Å². The Morgan fingerprint density at radius 3 is 1.60 bits per heavy atom. The summed E-state index contributed by atoms with van der Waals surface area (Å²) in [4.78, 5) is 79.1. The van der Waals surface area contributed by atoms with Crippen LogP contribution in [0.1, 0.15) is 78.8 Å². The summed E-state index contributed by atoms with van der Waals surface area (Å²) in [6, 6.07) is 5.35. The average molecular weight is 561 g/mol. The third-order valence-corrected chi connectivity index (χ3v) is 7.71. The highest BCUT2D eigenvalue weighted by Gasteiger charge is 2.39. The Hall–Kier alpha value is -5.70. The molecule has 0 aromatic heterocycles. The molecule has 3 aliphatic rings. The molecule has 0 aliphatic heterocycles. The van der Waals surface area contributed by atoms with Gasteiger partial charge < -0.3 is 15.3 Å². The van der Waals surface area contributed by atoms with Crippen molar-refractivity contribution >= 4 is 34.7 Å². The molecule has 42 heavy (non-hydrogen) atoms. The van der Waals surface area contributed by atoms with Crippen LogP contribution in [0.5, 0.6) is 17.2 Å². The Labute approximate surface area is 237 Å². The van der Waals surface area contributed by atoms with Crippen molar-refractivity contribution in [3.8, 4) is 28.4 Å². The molecule has 6 rings (SSSR count). The summed E-state index contributed by atoms with van der Waals surface area (Å²) in [5, 5.41) is 32.5. The molecule has 0 spiro atoms. The highest BCUT2D eigenvalue weighted by atomic mass is 16.3. The number of Topliss-reactive ketones (excluding diaryl/α,β-unsaturated/α-hetero) is 2. The predicted octanol–water partition coefficient (Wildman–Crippen LogP) is 4.64. The molecule has 0 bridgehead atoms. The fourth-order valence-corrected chi connectivity index (χ4v) is 5.89. The number of benzene rings is 3. The zero-order valence-corrected chi connectivity index (χ0v) is 22.4. The molecule has 0 radical (unpaired) electrons. The summed E-state index contributed by atoms with van der Waals surface area (Å²) < 4.78 is 0. The van der Waals surface area contributed by atoms with Gasteiger partial charge in [-0.25, -0.2) is 0 Å². The van der Waals surface area contributed by atoms with E-state index in [4.69, 9.17) is 0 Å². The Balaban J connectivity index is 1.56. The summed E-state index contributed by atoms with van der Waals surface area (Å²) in [7, 11) is 0. The van der Waals surface area contributed by atoms with E-state index in [0.29, 0.717) is 16.7 Å². The largest absolute Gasteiger partial charge is 0.507 e. The van der Waals surface area contributed by atoms with Gasteiger partial charge in [0.1, 0.15) is 17.2 Å². The van der Waals surface area contributed by atoms with Crippen molar-refractivity contribution in [1.82, 2.24) is 0 Å². The fourth-order valence-electron chi connectivity index (χ4n) is 5.89. The molecular weight excluding hydrogens is 540 g/mol. The van der Waals surface area contributed by atoms with Gasteiger partial charge in [-0.3, -0.25) is 28.8 Å². The van der Waals surface area contributed by atoms with E-state index in [9.17, 15) is 44.1 Å². The topological polar surface area (TPSA) is 163 Å². The number of hydrogen-bond donors (Lipinski definition) is 3. The quantitative estimate of drug-likeness (QED) is 0.405. The van der Waals surface area contributed by atoms with Gasteiger partial charge in [-0.05, 0) is 86.0 Å². The third kappa shape index (κ3) is 3.56. The second kappa shape index (κ2) is 8.90. The minimum Gasteiger partial charge on any atom is -0.507 e. The van der Waals surface area contributed by atoms with Gasteiger partial charge in [0.15, 0.2) is 34.7 Å². The van der Waals surface area contributed by atoms with Crippen molar-refractivity contribution in [2.75, 3.05) is 0 Å². The Morgan fingerprint density at radius 1 is 0.476 bits per heavy atom. The summed E-state index contributed by atoms with van der Waals surface area (Å²) in [5.74, 6) is -5.93. The standard InChI is InChI=1S/C33H20O9/c1-12-6-17-21(36)10-15(31(40)27(17)23(38)7-12)16-11-22(37)18-8-13(2)26(33(42)28(18)32(16)41)25-14(3)9-24(39)29-19(34)4-5-20(35)30(25)29/h4-11,38-39,42H,1-3H3. The SMILES string of the molecule is Cc1cc(O)c2c(c1)C(=O)C=C(C1=CC(=O)c3cc(C)c(-c4c(C)cc(O)c5c4C(=O)C=CC5=O)c(O)c3C1=O)C2=O. The van der Waals surface area contributed by atoms with Crippen LogP contribution in [-0.4, -0.2) is 50.0 Å². The number of carbonyl (C=O) groups excluding carboxylic acids is 6. The number of aromatic hydroxyl groups is 3. The molecule has 3 N–H and O–H groups in total. The molecule has 3 aromatic carbocycles. The number of carbonyl (C=O) groups is 6. The number of rotatable bonds is 2. The van der Waals surface area contributed by atoms with Gasteiger partial charge in [-0.2, -0.15) is 0 Å². The van der Waals surface area contributed by atoms with Crippen LogP contribution < -0.4 is 0 Å². The molecule has 0 heterocycles. The number of aryl methyl sites for hydroxylation is 3. The van der Waals surface area contributed by atoms with Gasteiger partial charge in [0.25, 0.3) is 0 Å². The monoisotopic (exact) mass is 560 g/mol. The van der Waals surface area contributed by atoms with Gasteiger partial charge in [-0.1, -0.05) is 0 Å². The molecular formula is C33H20O9. The van der Waals surface area contributed by atoms with Crippen molar-refractivity contribution in [2.45, 2.75) is 20.8 Å². The number of allylic oxidation sites excluding steroid dienone is 6. The maximum atomic E-state index is 13.9. The van der Waals surface area contributed by atoms with Crippen molar-refractivity contribution in [3.63, 3.8) is 0 Å². The van der Waals surface area contributed by atoms with E-state index in [1.807, 2.05) is 0 Å². The number of ketones is 6. The molecule has 9 nitrogen and oxygen atoms in total. The van der Waals surface area contributed by atoms with Gasteiger partial charge >= 0.3 is 0 Å². The second-order valence-corrected chi connectivity index (χ2v) is 10.4. The van der Waals surface area contributed by atoms with Crippen molar-refractivity contribution in [1.29, 1.82) is 0 Å². The molecule has 0 atom stereocenters. The van der Waals surface area contributed by atoms with Crippen LogP contribution in [0.2, 0.25) is 0 Å². The maximum absolute atomic E-state index is 13.9. The lowest BCUT2D eigenvalue weighted by Gasteiger charge is -2.25. The van der Waals surface area contributed by atoms with Gasteiger partial charge in [0, 0.05) is 39.0 Å². The van der Waals surface area contributed by atoms with Crippen molar-refractivity contribution in [2.24, 2.45) is 0 Å². The fraction of sp³-hybridized carbons (Fsp3) is 0.0909. The first-order valence-electron chi connectivity index (χ1n) is 12.8. The number of fused-ring (bicyclic) bond motifs is 3. The van der Waals surface area contributed by atoms with E-state index in [0.717, 1.165) is 24.3 Å². The Kier molecular flexibility index (Phi) is 5.62. The molecule has 0 unspecified atom stereocenters. The van der Waals surface area contributed by atoms with Crippen LogP contribution in [0.3, 0.4) is 0 Å². The number of phenols is 3. The highest BCUT2D eigenvalue weighted by molar-refractivity contribution is 6.36.